The fraction of sp³-hybridized carbons (Fsp3) is 1.00. The van der Waals surface area contributed by atoms with Crippen LogP contribution in [0.15, 0.2) is 0 Å². The van der Waals surface area contributed by atoms with E-state index in [4.69, 9.17) is 0 Å². The van der Waals surface area contributed by atoms with Gasteiger partial charge in [-0.3, -0.25) is 4.90 Å². The van der Waals surface area contributed by atoms with Crippen molar-refractivity contribution in [2.45, 2.75) is 65.5 Å². The summed E-state index contributed by atoms with van der Waals surface area (Å²) in [6, 6.07) is 1.50. The Balaban J connectivity index is 2.45. The number of likely N-dealkylation sites (N-methyl/N-ethyl adjacent to an activating group) is 1. The highest BCUT2D eigenvalue weighted by molar-refractivity contribution is 4.89. The van der Waals surface area contributed by atoms with Gasteiger partial charge < -0.3 is 5.32 Å². The fourth-order valence-corrected chi connectivity index (χ4v) is 2.26. The minimum atomic E-state index is 0.355. The van der Waals surface area contributed by atoms with Crippen molar-refractivity contribution in [1.29, 1.82) is 0 Å². The maximum Gasteiger partial charge on any atom is 0.0240 e. The van der Waals surface area contributed by atoms with E-state index in [-0.39, 0.29) is 0 Å². The van der Waals surface area contributed by atoms with Gasteiger partial charge in [-0.15, -0.1) is 0 Å². The van der Waals surface area contributed by atoms with Gasteiger partial charge in [0.1, 0.15) is 0 Å². The molecule has 0 amide bonds. The summed E-state index contributed by atoms with van der Waals surface area (Å²) in [5.41, 5.74) is 0.355. The van der Waals surface area contributed by atoms with Crippen LogP contribution in [-0.2, 0) is 0 Å². The molecule has 0 aromatic heterocycles. The van der Waals surface area contributed by atoms with E-state index in [2.05, 4.69) is 45.0 Å². The normalized spacial score (nSPS) is 19.1. The molecule has 0 radical (unpaired) electrons. The predicted molar refractivity (Wildman–Crippen MR) is 71.8 cm³/mol. The Kier molecular flexibility index (Phi) is 5.26. The zero-order chi connectivity index (χ0) is 12.2. The SMILES string of the molecule is CCCCN(CC(NC)C(C)(C)C)C1CC1. The van der Waals surface area contributed by atoms with Crippen molar-refractivity contribution < 1.29 is 0 Å². The second-order valence-electron chi connectivity index (χ2n) is 6.29. The third-order valence-corrected chi connectivity index (χ3v) is 3.67. The fourth-order valence-electron chi connectivity index (χ4n) is 2.26. The van der Waals surface area contributed by atoms with Crippen molar-refractivity contribution in [3.63, 3.8) is 0 Å². The number of hydrogen-bond acceptors (Lipinski definition) is 2. The van der Waals surface area contributed by atoms with Gasteiger partial charge in [0.2, 0.25) is 0 Å². The molecular formula is C14H30N2. The lowest BCUT2D eigenvalue weighted by Gasteiger charge is -2.35. The van der Waals surface area contributed by atoms with Gasteiger partial charge in [-0.05, 0) is 38.3 Å². The highest BCUT2D eigenvalue weighted by Gasteiger charge is 2.32. The molecule has 0 aliphatic heterocycles. The summed E-state index contributed by atoms with van der Waals surface area (Å²) >= 11 is 0. The summed E-state index contributed by atoms with van der Waals surface area (Å²) in [7, 11) is 2.10. The molecule has 1 N–H and O–H groups in total. The Hall–Kier alpha value is -0.0800. The lowest BCUT2D eigenvalue weighted by atomic mass is 9.86. The summed E-state index contributed by atoms with van der Waals surface area (Å²) in [4.78, 5) is 2.70. The molecule has 0 aromatic carbocycles. The summed E-state index contributed by atoms with van der Waals surface area (Å²) in [6.45, 7) is 11.8. The van der Waals surface area contributed by atoms with Crippen LogP contribution in [-0.4, -0.2) is 37.1 Å². The molecule has 0 spiro atoms. The Bertz CT molecular complexity index is 191. The van der Waals surface area contributed by atoms with Crippen molar-refractivity contribution in [3.05, 3.63) is 0 Å². The molecule has 1 unspecified atom stereocenters. The molecular weight excluding hydrogens is 196 g/mol. The number of rotatable bonds is 7. The third kappa shape index (κ3) is 4.42. The van der Waals surface area contributed by atoms with Crippen LogP contribution in [0.1, 0.15) is 53.4 Å². The van der Waals surface area contributed by atoms with Crippen LogP contribution in [0.25, 0.3) is 0 Å². The monoisotopic (exact) mass is 226 g/mol. The second-order valence-corrected chi connectivity index (χ2v) is 6.29. The van der Waals surface area contributed by atoms with E-state index in [1.165, 1.54) is 38.8 Å². The zero-order valence-electron chi connectivity index (χ0n) is 11.8. The summed E-state index contributed by atoms with van der Waals surface area (Å²) in [5, 5.41) is 3.49. The van der Waals surface area contributed by atoms with Gasteiger partial charge in [0.25, 0.3) is 0 Å². The van der Waals surface area contributed by atoms with Crippen molar-refractivity contribution in [2.75, 3.05) is 20.1 Å². The third-order valence-electron chi connectivity index (χ3n) is 3.67. The first-order valence-electron chi connectivity index (χ1n) is 6.90. The van der Waals surface area contributed by atoms with Crippen LogP contribution in [0.2, 0.25) is 0 Å². The number of unbranched alkanes of at least 4 members (excludes halogenated alkanes) is 1. The lowest BCUT2D eigenvalue weighted by molar-refractivity contribution is 0.171. The highest BCUT2D eigenvalue weighted by atomic mass is 15.2. The van der Waals surface area contributed by atoms with Gasteiger partial charge in [0.15, 0.2) is 0 Å². The summed E-state index contributed by atoms with van der Waals surface area (Å²) in [6.07, 6.45) is 5.49. The predicted octanol–water partition coefficient (Wildman–Crippen LogP) is 2.89. The largest absolute Gasteiger partial charge is 0.315 e. The van der Waals surface area contributed by atoms with E-state index in [0.29, 0.717) is 11.5 Å². The minimum absolute atomic E-state index is 0.355. The van der Waals surface area contributed by atoms with Crippen molar-refractivity contribution >= 4 is 0 Å². The first-order chi connectivity index (χ1) is 7.49. The van der Waals surface area contributed by atoms with Gasteiger partial charge in [-0.2, -0.15) is 0 Å². The number of hydrogen-bond donors (Lipinski definition) is 1. The molecule has 2 heteroatoms. The maximum absolute atomic E-state index is 3.49. The van der Waals surface area contributed by atoms with Crippen LogP contribution in [0.5, 0.6) is 0 Å². The van der Waals surface area contributed by atoms with Crippen LogP contribution in [0.4, 0.5) is 0 Å². The summed E-state index contributed by atoms with van der Waals surface area (Å²) in [5.74, 6) is 0. The van der Waals surface area contributed by atoms with Gasteiger partial charge in [-0.25, -0.2) is 0 Å². The van der Waals surface area contributed by atoms with E-state index < -0.39 is 0 Å². The highest BCUT2D eigenvalue weighted by Crippen LogP contribution is 2.29. The van der Waals surface area contributed by atoms with E-state index in [1.807, 2.05) is 0 Å². The topological polar surface area (TPSA) is 15.3 Å². The molecule has 0 bridgehead atoms. The van der Waals surface area contributed by atoms with Crippen LogP contribution >= 0.6 is 0 Å². The van der Waals surface area contributed by atoms with Gasteiger partial charge in [0.05, 0.1) is 0 Å². The van der Waals surface area contributed by atoms with Gasteiger partial charge in [-0.1, -0.05) is 34.1 Å². The van der Waals surface area contributed by atoms with Crippen LogP contribution < -0.4 is 5.32 Å². The first-order valence-corrected chi connectivity index (χ1v) is 6.90. The van der Waals surface area contributed by atoms with E-state index in [1.54, 1.807) is 0 Å². The average Bonchev–Trinajstić information content (AvgIpc) is 3.00. The lowest BCUT2D eigenvalue weighted by Crippen LogP contribution is -2.48. The molecule has 96 valence electrons. The van der Waals surface area contributed by atoms with Gasteiger partial charge >= 0.3 is 0 Å². The molecule has 16 heavy (non-hydrogen) atoms. The quantitative estimate of drug-likeness (QED) is 0.718. The molecule has 1 saturated carbocycles. The standard InChI is InChI=1S/C14H30N2/c1-6-7-10-16(12-8-9-12)11-13(15-5)14(2,3)4/h12-13,15H,6-11H2,1-5H3. The average molecular weight is 226 g/mol. The van der Waals surface area contributed by atoms with Crippen molar-refractivity contribution in [3.8, 4) is 0 Å². The van der Waals surface area contributed by atoms with Crippen molar-refractivity contribution in [2.24, 2.45) is 5.41 Å². The molecule has 0 aromatic rings. The molecule has 0 saturated heterocycles. The Labute approximate surface area is 102 Å². The van der Waals surface area contributed by atoms with Crippen molar-refractivity contribution in [1.82, 2.24) is 10.2 Å². The van der Waals surface area contributed by atoms with Gasteiger partial charge in [0, 0.05) is 18.6 Å². The molecule has 1 atom stereocenters. The Morgan fingerprint density at radius 3 is 2.31 bits per heavy atom. The Morgan fingerprint density at radius 1 is 1.31 bits per heavy atom. The summed E-state index contributed by atoms with van der Waals surface area (Å²) < 4.78 is 0. The van der Waals surface area contributed by atoms with E-state index in [9.17, 15) is 0 Å². The molecule has 0 heterocycles. The second kappa shape index (κ2) is 6.02. The minimum Gasteiger partial charge on any atom is -0.315 e. The molecule has 1 fully saturated rings. The van der Waals surface area contributed by atoms with E-state index in [0.717, 1.165) is 6.04 Å². The van der Waals surface area contributed by atoms with Crippen LogP contribution in [0.3, 0.4) is 0 Å². The smallest absolute Gasteiger partial charge is 0.0240 e. The zero-order valence-corrected chi connectivity index (χ0v) is 11.8. The maximum atomic E-state index is 3.49. The molecule has 1 aliphatic rings. The van der Waals surface area contributed by atoms with Crippen LogP contribution in [0, 0.1) is 5.41 Å². The molecule has 1 aliphatic carbocycles. The first kappa shape index (κ1) is 14.0. The number of nitrogens with one attached hydrogen (secondary N) is 1. The molecule has 2 nitrogen and oxygen atoms in total. The Morgan fingerprint density at radius 2 is 1.94 bits per heavy atom. The molecule has 1 rings (SSSR count). The number of nitrogens with zero attached hydrogens (tertiary/aromatic N) is 1. The van der Waals surface area contributed by atoms with E-state index >= 15 is 0 Å².